The minimum absolute atomic E-state index is 0.0761. The summed E-state index contributed by atoms with van der Waals surface area (Å²) in [5.41, 5.74) is 6.41. The zero-order valence-corrected chi connectivity index (χ0v) is 20.7. The van der Waals surface area contributed by atoms with Crippen LogP contribution in [0.4, 0.5) is 0 Å². The van der Waals surface area contributed by atoms with Crippen LogP contribution in [0.5, 0.6) is 0 Å². The Balaban J connectivity index is 2.18. The third-order valence-electron chi connectivity index (χ3n) is 5.21. The molecule has 0 aliphatic carbocycles. The number of methoxy groups -OCH3 is 1. The molecule has 3 rings (SSSR count). The molecule has 186 valence electrons. The van der Waals surface area contributed by atoms with Gasteiger partial charge in [0.05, 0.1) is 43.1 Å². The number of rotatable bonds is 9. The van der Waals surface area contributed by atoms with Gasteiger partial charge in [0, 0.05) is 17.3 Å². The first-order valence-electron chi connectivity index (χ1n) is 10.6. The molecule has 2 aromatic rings. The van der Waals surface area contributed by atoms with Gasteiger partial charge in [-0.05, 0) is 30.7 Å². The van der Waals surface area contributed by atoms with Crippen molar-refractivity contribution in [3.8, 4) is 0 Å². The van der Waals surface area contributed by atoms with Gasteiger partial charge in [-0.2, -0.15) is 8.42 Å². The Hall–Kier alpha value is -3.18. The van der Waals surface area contributed by atoms with Crippen LogP contribution in [0.3, 0.4) is 0 Å². The van der Waals surface area contributed by atoms with Crippen LogP contribution in [0.1, 0.15) is 18.4 Å². The highest BCUT2D eigenvalue weighted by Gasteiger charge is 2.41. The first-order chi connectivity index (χ1) is 16.7. The average Bonchev–Trinajstić information content (AvgIpc) is 2.84. The van der Waals surface area contributed by atoms with Crippen molar-refractivity contribution in [3.63, 3.8) is 0 Å². The number of halogens is 1. The zero-order chi connectivity index (χ0) is 25.6. The van der Waals surface area contributed by atoms with Crippen molar-refractivity contribution < 1.29 is 31.7 Å². The maximum absolute atomic E-state index is 13.5. The lowest BCUT2D eigenvalue weighted by molar-refractivity contribution is -0.136. The van der Waals surface area contributed by atoms with Crippen molar-refractivity contribution in [2.45, 2.75) is 17.7 Å². The quantitative estimate of drug-likeness (QED) is 0.290. The molecular formula is C24H25ClN2O7S. The van der Waals surface area contributed by atoms with E-state index in [1.165, 1.54) is 31.4 Å². The highest BCUT2D eigenvalue weighted by atomic mass is 35.5. The summed E-state index contributed by atoms with van der Waals surface area (Å²) in [6, 6.07) is 13.8. The Labute approximate surface area is 208 Å². The van der Waals surface area contributed by atoms with Crippen molar-refractivity contribution in [2.75, 3.05) is 26.9 Å². The van der Waals surface area contributed by atoms with Gasteiger partial charge in [0.1, 0.15) is 4.90 Å². The van der Waals surface area contributed by atoms with E-state index < -0.39 is 28.0 Å². The summed E-state index contributed by atoms with van der Waals surface area (Å²) in [6.45, 7) is 1.91. The van der Waals surface area contributed by atoms with Gasteiger partial charge in [0.2, 0.25) is 0 Å². The first-order valence-corrected chi connectivity index (χ1v) is 12.3. The maximum atomic E-state index is 13.5. The fraction of sp³-hybridized carbons (Fsp3) is 0.250. The van der Waals surface area contributed by atoms with E-state index in [0.29, 0.717) is 11.3 Å². The Kier molecular flexibility index (Phi) is 8.68. The molecule has 2 aromatic carbocycles. The lowest BCUT2D eigenvalue weighted by Gasteiger charge is -2.31. The Morgan fingerprint density at radius 2 is 1.69 bits per heavy atom. The summed E-state index contributed by atoms with van der Waals surface area (Å²) in [4.78, 5) is 26.1. The molecule has 1 aliphatic rings. The summed E-state index contributed by atoms with van der Waals surface area (Å²) < 4.78 is 41.2. The van der Waals surface area contributed by atoms with Gasteiger partial charge < -0.3 is 24.7 Å². The van der Waals surface area contributed by atoms with E-state index in [0.717, 1.165) is 0 Å². The van der Waals surface area contributed by atoms with E-state index in [-0.39, 0.29) is 46.5 Å². The largest absolute Gasteiger partial charge is 0.466 e. The second kappa shape index (κ2) is 11.5. The molecule has 0 bridgehead atoms. The highest BCUT2D eigenvalue weighted by Crippen LogP contribution is 2.42. The van der Waals surface area contributed by atoms with E-state index >= 15 is 0 Å². The number of benzene rings is 2. The molecule has 0 spiro atoms. The van der Waals surface area contributed by atoms with Crippen LogP contribution in [0.15, 0.2) is 82.0 Å². The van der Waals surface area contributed by atoms with Gasteiger partial charge in [-0.3, -0.25) is 0 Å². The standard InChI is InChI=1S/C24H25ClN2O7S/c1-15-20(23(28)32-2)21(17-10-6-7-11-18(17)25)22(19(27-15)14-33-13-12-26)24(29)34-35(30,31)16-8-4-3-5-9-16/h3-11,21,27H,12-14,26H2,1-2H3. The number of hydrogen-bond donors (Lipinski definition) is 2. The molecule has 11 heteroatoms. The lowest BCUT2D eigenvalue weighted by Crippen LogP contribution is -2.35. The van der Waals surface area contributed by atoms with Crippen molar-refractivity contribution in [3.05, 3.63) is 87.7 Å². The summed E-state index contributed by atoms with van der Waals surface area (Å²) in [6.07, 6.45) is 0. The normalized spacial score (nSPS) is 16.1. The molecule has 0 radical (unpaired) electrons. The van der Waals surface area contributed by atoms with Crippen molar-refractivity contribution in [1.29, 1.82) is 0 Å². The molecule has 0 aromatic heterocycles. The second-order valence-corrected chi connectivity index (χ2v) is 9.43. The van der Waals surface area contributed by atoms with Crippen molar-refractivity contribution in [1.82, 2.24) is 5.32 Å². The minimum atomic E-state index is -4.47. The molecule has 1 aliphatic heterocycles. The molecule has 0 fully saturated rings. The number of carbonyl (C=O) groups is 2. The molecule has 1 atom stereocenters. The molecule has 35 heavy (non-hydrogen) atoms. The van der Waals surface area contributed by atoms with Crippen LogP contribution in [0, 0.1) is 0 Å². The van der Waals surface area contributed by atoms with Crippen molar-refractivity contribution >= 4 is 33.7 Å². The summed E-state index contributed by atoms with van der Waals surface area (Å²) >= 11 is 6.46. The molecule has 9 nitrogen and oxygen atoms in total. The number of allylic oxidation sites excluding steroid dienone is 1. The smallest absolute Gasteiger partial charge is 0.352 e. The average molecular weight is 521 g/mol. The molecule has 1 heterocycles. The number of nitrogens with two attached hydrogens (primary N) is 1. The van der Waals surface area contributed by atoms with E-state index in [4.69, 9.17) is 31.0 Å². The van der Waals surface area contributed by atoms with Crippen LogP contribution in [0.2, 0.25) is 5.02 Å². The maximum Gasteiger partial charge on any atom is 0.352 e. The van der Waals surface area contributed by atoms with Crippen LogP contribution in [0.25, 0.3) is 0 Å². The number of hydrogen-bond acceptors (Lipinski definition) is 9. The molecule has 3 N–H and O–H groups in total. The van der Waals surface area contributed by atoms with Crippen LogP contribution < -0.4 is 11.1 Å². The first kappa shape index (κ1) is 26.4. The molecule has 0 saturated carbocycles. The molecule has 0 saturated heterocycles. The summed E-state index contributed by atoms with van der Waals surface area (Å²) in [5, 5.41) is 3.23. The number of esters is 1. The monoisotopic (exact) mass is 520 g/mol. The Morgan fingerprint density at radius 1 is 1.03 bits per heavy atom. The van der Waals surface area contributed by atoms with E-state index in [9.17, 15) is 18.0 Å². The van der Waals surface area contributed by atoms with Gasteiger partial charge in [-0.25, -0.2) is 9.59 Å². The number of nitrogens with one attached hydrogen (secondary N) is 1. The fourth-order valence-electron chi connectivity index (χ4n) is 3.69. The minimum Gasteiger partial charge on any atom is -0.466 e. The Morgan fingerprint density at radius 3 is 2.31 bits per heavy atom. The second-order valence-electron chi connectivity index (χ2n) is 7.48. The van der Waals surface area contributed by atoms with E-state index in [2.05, 4.69) is 5.32 Å². The van der Waals surface area contributed by atoms with E-state index in [1.54, 1.807) is 37.3 Å². The number of dihydropyridines is 1. The lowest BCUT2D eigenvalue weighted by atomic mass is 9.80. The van der Waals surface area contributed by atoms with Crippen LogP contribution in [-0.2, 0) is 33.4 Å². The third-order valence-corrected chi connectivity index (χ3v) is 6.78. The van der Waals surface area contributed by atoms with Gasteiger partial charge in [-0.1, -0.05) is 48.0 Å². The predicted molar refractivity (Wildman–Crippen MR) is 129 cm³/mol. The topological polar surface area (TPSA) is 134 Å². The third kappa shape index (κ3) is 5.91. The SMILES string of the molecule is COC(=O)C1=C(C)NC(COCCN)=C(C(=O)OS(=O)(=O)c2ccccc2)C1c1ccccc1Cl. The number of ether oxygens (including phenoxy) is 2. The van der Waals surface area contributed by atoms with E-state index in [1.807, 2.05) is 0 Å². The van der Waals surface area contributed by atoms with Gasteiger partial charge in [-0.15, -0.1) is 0 Å². The predicted octanol–water partition coefficient (Wildman–Crippen LogP) is 2.64. The number of carbonyl (C=O) groups excluding carboxylic acids is 2. The molecule has 0 amide bonds. The molecule has 1 unspecified atom stereocenters. The van der Waals surface area contributed by atoms with Gasteiger partial charge in [0.25, 0.3) is 0 Å². The summed E-state index contributed by atoms with van der Waals surface area (Å²) in [7, 11) is -3.27. The fourth-order valence-corrected chi connectivity index (χ4v) is 4.81. The van der Waals surface area contributed by atoms with Gasteiger partial charge in [0.15, 0.2) is 0 Å². The van der Waals surface area contributed by atoms with Crippen LogP contribution >= 0.6 is 11.6 Å². The Bertz CT molecular complexity index is 1270. The highest BCUT2D eigenvalue weighted by molar-refractivity contribution is 7.87. The van der Waals surface area contributed by atoms with Crippen molar-refractivity contribution in [2.24, 2.45) is 5.73 Å². The molecular weight excluding hydrogens is 496 g/mol. The summed E-state index contributed by atoms with van der Waals surface area (Å²) in [5.74, 6) is -3.00. The van der Waals surface area contributed by atoms with Crippen LogP contribution in [-0.4, -0.2) is 47.2 Å². The zero-order valence-electron chi connectivity index (χ0n) is 19.1. The van der Waals surface area contributed by atoms with Gasteiger partial charge >= 0.3 is 22.1 Å².